The Kier molecular flexibility index (Phi) is 7.01. The van der Waals surface area contributed by atoms with Crippen molar-refractivity contribution in [3.63, 3.8) is 0 Å². The number of hydrogen-bond donors (Lipinski definition) is 0. The van der Waals surface area contributed by atoms with E-state index in [2.05, 4.69) is 9.97 Å². The van der Waals surface area contributed by atoms with Crippen LogP contribution in [0.25, 0.3) is 0 Å². The number of carbonyl (C=O) groups excluding carboxylic acids is 1. The number of rotatable bonds is 6. The summed E-state index contributed by atoms with van der Waals surface area (Å²) in [5.41, 5.74) is -1.75. The van der Waals surface area contributed by atoms with Gasteiger partial charge in [-0.25, -0.2) is 23.2 Å². The third-order valence-electron chi connectivity index (χ3n) is 6.04. The lowest BCUT2D eigenvalue weighted by molar-refractivity contribution is -0.191. The SMILES string of the molecule is CC1(C(F)(F)F)CN(C(=O)OC2COC2)CCN1c1ncc(OCc2ccc(S(C)(=O)=O)cc2)cn1. The first-order chi connectivity index (χ1) is 16.9. The van der Waals surface area contributed by atoms with Gasteiger partial charge in [0, 0.05) is 19.3 Å². The third kappa shape index (κ3) is 5.48. The fraction of sp³-hybridized carbons (Fsp3) is 0.500. The number of amides is 1. The molecule has 0 aliphatic carbocycles. The maximum Gasteiger partial charge on any atom is 0.413 e. The predicted molar refractivity (Wildman–Crippen MR) is 120 cm³/mol. The highest BCUT2D eigenvalue weighted by molar-refractivity contribution is 7.90. The summed E-state index contributed by atoms with van der Waals surface area (Å²) in [7, 11) is -3.31. The van der Waals surface area contributed by atoms with E-state index in [1.54, 1.807) is 12.1 Å². The molecule has 2 aliphatic rings. The zero-order chi connectivity index (χ0) is 26.1. The normalized spacial score (nSPS) is 21.1. The molecular formula is C22H25F3N4O6S. The van der Waals surface area contributed by atoms with Gasteiger partial charge in [0.05, 0.1) is 37.0 Å². The first-order valence-electron chi connectivity index (χ1n) is 11.0. The van der Waals surface area contributed by atoms with Crippen LogP contribution in [0.2, 0.25) is 0 Å². The van der Waals surface area contributed by atoms with Crippen LogP contribution < -0.4 is 9.64 Å². The van der Waals surface area contributed by atoms with E-state index in [9.17, 15) is 26.4 Å². The van der Waals surface area contributed by atoms with Gasteiger partial charge in [0.2, 0.25) is 5.95 Å². The van der Waals surface area contributed by atoms with Crippen LogP contribution in [-0.4, -0.2) is 86.3 Å². The highest BCUT2D eigenvalue weighted by Crippen LogP contribution is 2.40. The molecule has 1 amide bonds. The van der Waals surface area contributed by atoms with Gasteiger partial charge >= 0.3 is 12.3 Å². The van der Waals surface area contributed by atoms with Gasteiger partial charge in [-0.3, -0.25) is 0 Å². The average molecular weight is 531 g/mol. The van der Waals surface area contributed by atoms with Crippen LogP contribution in [0.1, 0.15) is 12.5 Å². The summed E-state index contributed by atoms with van der Waals surface area (Å²) >= 11 is 0. The van der Waals surface area contributed by atoms with Gasteiger partial charge in [-0.2, -0.15) is 13.2 Å². The molecule has 1 atom stereocenters. The Morgan fingerprint density at radius 2 is 1.81 bits per heavy atom. The summed E-state index contributed by atoms with van der Waals surface area (Å²) in [6, 6.07) is 6.12. The number of benzene rings is 1. The summed E-state index contributed by atoms with van der Waals surface area (Å²) in [6.45, 7) is 0.746. The van der Waals surface area contributed by atoms with E-state index in [4.69, 9.17) is 14.2 Å². The largest absolute Gasteiger partial charge is 0.486 e. The smallest absolute Gasteiger partial charge is 0.413 e. The Morgan fingerprint density at radius 3 is 2.33 bits per heavy atom. The molecule has 1 unspecified atom stereocenters. The number of piperazine rings is 1. The zero-order valence-corrected chi connectivity index (χ0v) is 20.4. The molecule has 36 heavy (non-hydrogen) atoms. The first-order valence-corrected chi connectivity index (χ1v) is 12.9. The van der Waals surface area contributed by atoms with Crippen LogP contribution in [0.4, 0.5) is 23.9 Å². The van der Waals surface area contributed by atoms with Crippen molar-refractivity contribution in [2.45, 2.75) is 36.2 Å². The molecule has 0 spiro atoms. The third-order valence-corrected chi connectivity index (χ3v) is 7.17. The summed E-state index contributed by atoms with van der Waals surface area (Å²) in [5, 5.41) is 0. The lowest BCUT2D eigenvalue weighted by Gasteiger charge is -2.49. The number of nitrogens with zero attached hydrogens (tertiary/aromatic N) is 4. The number of anilines is 1. The minimum Gasteiger partial charge on any atom is -0.486 e. The molecule has 196 valence electrons. The van der Waals surface area contributed by atoms with E-state index < -0.39 is 40.3 Å². The Bertz CT molecular complexity index is 1190. The van der Waals surface area contributed by atoms with Crippen LogP contribution in [-0.2, 0) is 25.9 Å². The molecule has 1 aromatic heterocycles. The number of carbonyl (C=O) groups is 1. The quantitative estimate of drug-likeness (QED) is 0.556. The van der Waals surface area contributed by atoms with Crippen molar-refractivity contribution >= 4 is 21.9 Å². The second kappa shape index (κ2) is 9.73. The first kappa shape index (κ1) is 25.9. The minimum absolute atomic E-state index is 0.00314. The molecule has 2 fully saturated rings. The molecule has 0 N–H and O–H groups in total. The van der Waals surface area contributed by atoms with Gasteiger partial charge in [0.15, 0.2) is 27.2 Å². The Hall–Kier alpha value is -3.13. The summed E-state index contributed by atoms with van der Waals surface area (Å²) < 4.78 is 81.3. The van der Waals surface area contributed by atoms with E-state index in [-0.39, 0.29) is 49.5 Å². The number of aromatic nitrogens is 2. The second-order valence-corrected chi connectivity index (χ2v) is 10.8. The molecule has 1 aromatic carbocycles. The monoisotopic (exact) mass is 530 g/mol. The van der Waals surface area contributed by atoms with Crippen LogP contribution >= 0.6 is 0 Å². The second-order valence-electron chi connectivity index (χ2n) is 8.81. The van der Waals surface area contributed by atoms with E-state index in [0.29, 0.717) is 5.56 Å². The van der Waals surface area contributed by atoms with Gasteiger partial charge in [-0.05, 0) is 24.6 Å². The molecule has 4 rings (SSSR count). The maximum absolute atomic E-state index is 14.2. The van der Waals surface area contributed by atoms with Gasteiger partial charge in [-0.1, -0.05) is 12.1 Å². The van der Waals surface area contributed by atoms with Crippen LogP contribution in [0, 0.1) is 0 Å². The highest BCUT2D eigenvalue weighted by Gasteiger charge is 2.59. The molecule has 0 saturated carbocycles. The van der Waals surface area contributed by atoms with Crippen molar-refractivity contribution in [3.8, 4) is 5.75 Å². The molecule has 0 bridgehead atoms. The predicted octanol–water partition coefficient (Wildman–Crippen LogP) is 2.44. The molecule has 10 nitrogen and oxygen atoms in total. The highest BCUT2D eigenvalue weighted by atomic mass is 32.2. The van der Waals surface area contributed by atoms with E-state index in [0.717, 1.165) is 23.0 Å². The van der Waals surface area contributed by atoms with Crippen LogP contribution in [0.5, 0.6) is 5.75 Å². The molecule has 2 aromatic rings. The van der Waals surface area contributed by atoms with Gasteiger partial charge in [0.25, 0.3) is 0 Å². The lowest BCUT2D eigenvalue weighted by Crippen LogP contribution is -2.69. The van der Waals surface area contributed by atoms with Crippen molar-refractivity contribution in [2.75, 3.05) is 44.0 Å². The van der Waals surface area contributed by atoms with Crippen LogP contribution in [0.15, 0.2) is 41.6 Å². The topological polar surface area (TPSA) is 111 Å². The molecule has 0 radical (unpaired) electrons. The number of halogens is 3. The molecule has 2 aliphatic heterocycles. The number of hydrogen-bond acceptors (Lipinski definition) is 9. The zero-order valence-electron chi connectivity index (χ0n) is 19.6. The Labute approximate surface area is 205 Å². The standard InChI is InChI=1S/C22H25F3N4O6S/c1-21(22(23,24)25)14-28(20(30)35-17-12-33-13-17)7-8-29(21)19-26-9-16(10-27-19)34-11-15-3-5-18(6-4-15)36(2,31)32/h3-6,9-10,17H,7-8,11-14H2,1-2H3. The molecule has 3 heterocycles. The van der Waals surface area contributed by atoms with Crippen molar-refractivity contribution in [3.05, 3.63) is 42.2 Å². The maximum atomic E-state index is 14.2. The average Bonchev–Trinajstić information content (AvgIpc) is 2.79. The van der Waals surface area contributed by atoms with Gasteiger partial charge < -0.3 is 24.0 Å². The fourth-order valence-electron chi connectivity index (χ4n) is 3.74. The number of alkyl halides is 3. The number of ether oxygens (including phenoxy) is 3. The Balaban J connectivity index is 1.43. The van der Waals surface area contributed by atoms with E-state index in [1.165, 1.54) is 24.5 Å². The fourth-order valence-corrected chi connectivity index (χ4v) is 4.38. The summed E-state index contributed by atoms with van der Waals surface area (Å²) in [5.74, 6) is 0.0738. The molecule has 2 saturated heterocycles. The van der Waals surface area contributed by atoms with Crippen molar-refractivity contribution in [1.29, 1.82) is 0 Å². The number of sulfone groups is 1. The lowest BCUT2D eigenvalue weighted by atomic mass is 9.95. The van der Waals surface area contributed by atoms with Crippen LogP contribution in [0.3, 0.4) is 0 Å². The van der Waals surface area contributed by atoms with Gasteiger partial charge in [0.1, 0.15) is 6.61 Å². The van der Waals surface area contributed by atoms with Crippen molar-refractivity contribution < 1.29 is 40.6 Å². The van der Waals surface area contributed by atoms with Gasteiger partial charge in [-0.15, -0.1) is 0 Å². The summed E-state index contributed by atoms with van der Waals surface area (Å²) in [6.07, 6.45) is -2.31. The van der Waals surface area contributed by atoms with E-state index >= 15 is 0 Å². The molecule has 14 heteroatoms. The van der Waals surface area contributed by atoms with E-state index in [1.807, 2.05) is 0 Å². The van der Waals surface area contributed by atoms with Crippen molar-refractivity contribution in [1.82, 2.24) is 14.9 Å². The Morgan fingerprint density at radius 1 is 1.17 bits per heavy atom. The molecular weight excluding hydrogens is 505 g/mol. The van der Waals surface area contributed by atoms with Crippen molar-refractivity contribution in [2.24, 2.45) is 0 Å². The minimum atomic E-state index is -4.69. The summed E-state index contributed by atoms with van der Waals surface area (Å²) in [4.78, 5) is 22.7.